The maximum absolute atomic E-state index is 2.39. The molecule has 0 heterocycles. The molecule has 0 fully saturated rings. The Morgan fingerprint density at radius 3 is 1.90 bits per heavy atom. The van der Waals surface area contributed by atoms with Crippen molar-refractivity contribution in [3.05, 3.63) is 0 Å². The molecule has 1 heteroatoms. The lowest BCUT2D eigenvalue weighted by Crippen LogP contribution is -2.27. The van der Waals surface area contributed by atoms with E-state index in [0.29, 0.717) is 6.04 Å². The first-order valence-corrected chi connectivity index (χ1v) is 4.24. The van der Waals surface area contributed by atoms with Crippen molar-refractivity contribution in [2.45, 2.75) is 40.2 Å². The van der Waals surface area contributed by atoms with E-state index < -0.39 is 0 Å². The van der Waals surface area contributed by atoms with Crippen LogP contribution in [0.4, 0.5) is 0 Å². The van der Waals surface area contributed by atoms with Crippen LogP contribution in [-0.2, 0) is 0 Å². The second-order valence-electron chi connectivity index (χ2n) is 3.76. The van der Waals surface area contributed by atoms with Gasteiger partial charge in [0.05, 0.1) is 0 Å². The molecule has 0 saturated carbocycles. The highest BCUT2D eigenvalue weighted by atomic mass is 15.1. The molecule has 0 aliphatic heterocycles. The molecule has 0 spiro atoms. The second kappa shape index (κ2) is 4.73. The van der Waals surface area contributed by atoms with Crippen LogP contribution in [-0.4, -0.2) is 24.5 Å². The first-order valence-electron chi connectivity index (χ1n) is 4.24. The predicted octanol–water partition coefficient (Wildman–Crippen LogP) is 2.37. The molecule has 0 unspecified atom stereocenters. The van der Waals surface area contributed by atoms with Crippen molar-refractivity contribution >= 4 is 0 Å². The molecule has 0 rings (SSSR count). The lowest BCUT2D eigenvalue weighted by atomic mass is 10.1. The summed E-state index contributed by atoms with van der Waals surface area (Å²) < 4.78 is 0. The Kier molecular flexibility index (Phi) is 4.71. The van der Waals surface area contributed by atoms with Gasteiger partial charge in [-0.15, -0.1) is 0 Å². The van der Waals surface area contributed by atoms with Gasteiger partial charge in [-0.2, -0.15) is 0 Å². The van der Waals surface area contributed by atoms with Crippen molar-refractivity contribution in [3.63, 3.8) is 0 Å². The fourth-order valence-corrected chi connectivity index (χ4v) is 0.720. The van der Waals surface area contributed by atoms with Crippen molar-refractivity contribution in [2.24, 2.45) is 5.92 Å². The summed E-state index contributed by atoms with van der Waals surface area (Å²) in [6.45, 7) is 10.2. The third-order valence-electron chi connectivity index (χ3n) is 1.94. The first-order chi connectivity index (χ1) is 4.54. The molecule has 0 aromatic rings. The molecule has 10 heavy (non-hydrogen) atoms. The van der Waals surface area contributed by atoms with Crippen LogP contribution in [0, 0.1) is 5.92 Å². The van der Waals surface area contributed by atoms with Crippen molar-refractivity contribution in [2.75, 3.05) is 13.6 Å². The lowest BCUT2D eigenvalue weighted by Gasteiger charge is -2.21. The minimum Gasteiger partial charge on any atom is -0.304 e. The maximum Gasteiger partial charge on any atom is 0.00355 e. The molecule has 62 valence electrons. The van der Waals surface area contributed by atoms with E-state index in [1.165, 1.54) is 13.0 Å². The summed E-state index contributed by atoms with van der Waals surface area (Å²) in [5.74, 6) is 0.834. The SMILES string of the molecule is CC(C)CCN(C)C(C)C. The molecule has 0 aromatic carbocycles. The van der Waals surface area contributed by atoms with Gasteiger partial charge in [-0.3, -0.25) is 0 Å². The summed E-state index contributed by atoms with van der Waals surface area (Å²) in [5.41, 5.74) is 0. The molecule has 1 nitrogen and oxygen atoms in total. The van der Waals surface area contributed by atoms with Crippen molar-refractivity contribution in [3.8, 4) is 0 Å². The van der Waals surface area contributed by atoms with E-state index in [-0.39, 0.29) is 0 Å². The van der Waals surface area contributed by atoms with E-state index in [2.05, 4.69) is 39.6 Å². The van der Waals surface area contributed by atoms with E-state index in [9.17, 15) is 0 Å². The largest absolute Gasteiger partial charge is 0.304 e. The molecular weight excluding hydrogens is 122 g/mol. The number of rotatable bonds is 4. The van der Waals surface area contributed by atoms with Crippen LogP contribution in [0.1, 0.15) is 34.1 Å². The maximum atomic E-state index is 2.39. The third kappa shape index (κ3) is 4.80. The highest BCUT2D eigenvalue weighted by molar-refractivity contribution is 4.57. The van der Waals surface area contributed by atoms with E-state index in [0.717, 1.165) is 5.92 Å². The molecule has 0 aliphatic rings. The van der Waals surface area contributed by atoms with Gasteiger partial charge in [0.25, 0.3) is 0 Å². The van der Waals surface area contributed by atoms with Crippen molar-refractivity contribution in [1.82, 2.24) is 4.90 Å². The summed E-state index contributed by atoms with van der Waals surface area (Å²) in [4.78, 5) is 2.39. The van der Waals surface area contributed by atoms with E-state index in [1.807, 2.05) is 0 Å². The van der Waals surface area contributed by atoms with Crippen molar-refractivity contribution < 1.29 is 0 Å². The van der Waals surface area contributed by atoms with Gasteiger partial charge in [-0.25, -0.2) is 0 Å². The summed E-state index contributed by atoms with van der Waals surface area (Å²) in [6, 6.07) is 0.693. The Labute approximate surface area is 65.4 Å². The molecule has 0 aromatic heterocycles. The van der Waals surface area contributed by atoms with E-state index >= 15 is 0 Å². The average Bonchev–Trinajstić information content (AvgIpc) is 1.82. The Hall–Kier alpha value is -0.0400. The van der Waals surface area contributed by atoms with E-state index in [1.54, 1.807) is 0 Å². The van der Waals surface area contributed by atoms with E-state index in [4.69, 9.17) is 0 Å². The average molecular weight is 143 g/mol. The zero-order chi connectivity index (χ0) is 8.15. The molecule has 0 aliphatic carbocycles. The predicted molar refractivity (Wildman–Crippen MR) is 47.2 cm³/mol. The molecular formula is C9H21N. The van der Waals surface area contributed by atoms with Gasteiger partial charge < -0.3 is 4.90 Å². The minimum atomic E-state index is 0.693. The molecule has 0 atom stereocenters. The summed E-state index contributed by atoms with van der Waals surface area (Å²) in [5, 5.41) is 0. The molecule has 0 radical (unpaired) electrons. The van der Waals surface area contributed by atoms with Gasteiger partial charge in [0.15, 0.2) is 0 Å². The smallest absolute Gasteiger partial charge is 0.00355 e. The van der Waals surface area contributed by atoms with Gasteiger partial charge in [-0.05, 0) is 39.8 Å². The monoisotopic (exact) mass is 143 g/mol. The normalized spacial score (nSPS) is 12.0. The number of hydrogen-bond donors (Lipinski definition) is 0. The third-order valence-corrected chi connectivity index (χ3v) is 1.94. The Bertz CT molecular complexity index is 76.8. The topological polar surface area (TPSA) is 3.24 Å². The number of nitrogens with zero attached hydrogens (tertiary/aromatic N) is 1. The molecule has 0 bridgehead atoms. The zero-order valence-electron chi connectivity index (χ0n) is 8.02. The van der Waals surface area contributed by atoms with Gasteiger partial charge in [0.2, 0.25) is 0 Å². The first kappa shape index (κ1) is 9.96. The fraction of sp³-hybridized carbons (Fsp3) is 1.00. The fourth-order valence-electron chi connectivity index (χ4n) is 0.720. The van der Waals surface area contributed by atoms with Gasteiger partial charge in [0, 0.05) is 6.04 Å². The second-order valence-corrected chi connectivity index (χ2v) is 3.76. The molecule has 0 saturated heterocycles. The van der Waals surface area contributed by atoms with Crippen LogP contribution in [0.15, 0.2) is 0 Å². The standard InChI is InChI=1S/C9H21N/c1-8(2)6-7-10(5)9(3)4/h8-9H,6-7H2,1-5H3. The lowest BCUT2D eigenvalue weighted by molar-refractivity contribution is 0.258. The van der Waals surface area contributed by atoms with Gasteiger partial charge in [-0.1, -0.05) is 13.8 Å². The summed E-state index contributed by atoms with van der Waals surface area (Å²) >= 11 is 0. The zero-order valence-corrected chi connectivity index (χ0v) is 8.02. The number of hydrogen-bond acceptors (Lipinski definition) is 1. The van der Waals surface area contributed by atoms with Crippen LogP contribution in [0.3, 0.4) is 0 Å². The highest BCUT2D eigenvalue weighted by Crippen LogP contribution is 2.02. The summed E-state index contributed by atoms with van der Waals surface area (Å²) in [6.07, 6.45) is 1.31. The van der Waals surface area contributed by atoms with Crippen LogP contribution in [0.5, 0.6) is 0 Å². The van der Waals surface area contributed by atoms with Crippen LogP contribution < -0.4 is 0 Å². The Morgan fingerprint density at radius 1 is 1.10 bits per heavy atom. The molecule has 0 N–H and O–H groups in total. The summed E-state index contributed by atoms with van der Waals surface area (Å²) in [7, 11) is 2.19. The Morgan fingerprint density at radius 2 is 1.60 bits per heavy atom. The minimum absolute atomic E-state index is 0.693. The van der Waals surface area contributed by atoms with Crippen LogP contribution in [0.2, 0.25) is 0 Å². The van der Waals surface area contributed by atoms with Crippen LogP contribution in [0.25, 0.3) is 0 Å². The quantitative estimate of drug-likeness (QED) is 0.584. The van der Waals surface area contributed by atoms with Crippen LogP contribution >= 0.6 is 0 Å². The Balaban J connectivity index is 3.30. The van der Waals surface area contributed by atoms with Crippen molar-refractivity contribution in [1.29, 1.82) is 0 Å². The van der Waals surface area contributed by atoms with Gasteiger partial charge >= 0.3 is 0 Å². The highest BCUT2D eigenvalue weighted by Gasteiger charge is 2.02. The molecule has 0 amide bonds. The van der Waals surface area contributed by atoms with Gasteiger partial charge in [0.1, 0.15) is 0 Å².